The van der Waals surface area contributed by atoms with Crippen molar-refractivity contribution in [2.75, 3.05) is 11.9 Å². The summed E-state index contributed by atoms with van der Waals surface area (Å²) in [5.41, 5.74) is -9.38. The molecule has 2 aromatic rings. The average molecular weight is 621 g/mol. The van der Waals surface area contributed by atoms with Crippen molar-refractivity contribution >= 4 is 43.6 Å². The van der Waals surface area contributed by atoms with Crippen LogP contribution in [0.3, 0.4) is 0 Å². The molecule has 0 atom stereocenters. The van der Waals surface area contributed by atoms with Gasteiger partial charge in [0, 0.05) is 24.2 Å². The highest BCUT2D eigenvalue weighted by Gasteiger charge is 2.46. The van der Waals surface area contributed by atoms with E-state index < -0.39 is 37.2 Å². The number of sulfonamides is 2. The first-order valence-electron chi connectivity index (χ1n) is 10.8. The van der Waals surface area contributed by atoms with E-state index in [1.807, 2.05) is 25.3 Å². The fraction of sp³-hybridized carbons (Fsp3) is 0.381. The quantitative estimate of drug-likeness (QED) is 0.187. The second-order valence-electron chi connectivity index (χ2n) is 7.52. The minimum absolute atomic E-state index is 0.266. The molecule has 0 unspecified atom stereocenters. The van der Waals surface area contributed by atoms with Crippen LogP contribution in [0.5, 0.6) is 0 Å². The molecule has 40 heavy (non-hydrogen) atoms. The lowest BCUT2D eigenvalue weighted by atomic mass is 10.2. The number of aliphatic imine (C=N–C) groups is 1. The Bertz CT molecular complexity index is 1400. The number of pyridine rings is 1. The van der Waals surface area contributed by atoms with Crippen molar-refractivity contribution in [3.63, 3.8) is 0 Å². The number of hydrogen-bond acceptors (Lipinski definition) is 8. The van der Waals surface area contributed by atoms with Gasteiger partial charge in [0.1, 0.15) is 0 Å². The van der Waals surface area contributed by atoms with Crippen LogP contribution in [-0.2, 0) is 42.5 Å². The molecule has 1 N–H and O–H groups in total. The molecule has 1 heterocycles. The summed E-state index contributed by atoms with van der Waals surface area (Å²) in [5.74, 6) is 0. The van der Waals surface area contributed by atoms with E-state index in [9.17, 15) is 52.8 Å². The van der Waals surface area contributed by atoms with Gasteiger partial charge in [-0.3, -0.25) is 5.32 Å². The first-order valence-corrected chi connectivity index (χ1v) is 13.7. The number of nitrogens with zero attached hydrogens (tertiary/aromatic N) is 3. The second kappa shape index (κ2) is 14.2. The Morgan fingerprint density at radius 2 is 1.65 bits per heavy atom. The number of rotatable bonds is 9. The summed E-state index contributed by atoms with van der Waals surface area (Å²) < 4.78 is 116. The largest absolute Gasteiger partial charge is 0.480 e. The number of carbonyl (C=O) groups excluding carboxylic acids is 2. The van der Waals surface area contributed by atoms with E-state index in [4.69, 9.17) is 4.74 Å². The molecule has 11 nitrogen and oxygen atoms in total. The second-order valence-corrected chi connectivity index (χ2v) is 10.9. The van der Waals surface area contributed by atoms with Crippen LogP contribution in [0.15, 0.2) is 47.6 Å². The van der Waals surface area contributed by atoms with Crippen molar-refractivity contribution in [2.24, 2.45) is 4.99 Å². The highest BCUT2D eigenvalue weighted by atomic mass is 32.3. The van der Waals surface area contributed by atoms with Crippen molar-refractivity contribution in [2.45, 2.75) is 44.3 Å². The summed E-state index contributed by atoms with van der Waals surface area (Å²) in [6.07, 6.45) is 4.98. The molecule has 19 heteroatoms. The lowest BCUT2D eigenvalue weighted by Gasteiger charge is -2.22. The lowest BCUT2D eigenvalue weighted by molar-refractivity contribution is -0.705. The van der Waals surface area contributed by atoms with Gasteiger partial charge in [0.15, 0.2) is 45.1 Å². The predicted molar refractivity (Wildman–Crippen MR) is 128 cm³/mol. The van der Waals surface area contributed by atoms with Crippen LogP contribution >= 0.6 is 0 Å². The van der Waals surface area contributed by atoms with Crippen molar-refractivity contribution in [3.8, 4) is 0 Å². The summed E-state index contributed by atoms with van der Waals surface area (Å²) >= 11 is 0. The Morgan fingerprint density at radius 3 is 2.17 bits per heavy atom. The minimum atomic E-state index is -6.72. The third kappa shape index (κ3) is 10.6. The summed E-state index contributed by atoms with van der Waals surface area (Å²) in [6.45, 7) is 4.82. The average Bonchev–Trinajstić information content (AvgIpc) is 2.81. The van der Waals surface area contributed by atoms with Gasteiger partial charge in [0.2, 0.25) is 6.08 Å². The zero-order valence-corrected chi connectivity index (χ0v) is 22.3. The van der Waals surface area contributed by atoms with Gasteiger partial charge in [-0.25, -0.2) is 26.4 Å². The maximum atomic E-state index is 11.9. The first-order chi connectivity index (χ1) is 18.3. The van der Waals surface area contributed by atoms with Gasteiger partial charge >= 0.3 is 17.1 Å². The van der Waals surface area contributed by atoms with Crippen molar-refractivity contribution in [1.29, 1.82) is 0 Å². The van der Waals surface area contributed by atoms with Gasteiger partial charge in [0.25, 0.3) is 0 Å². The molecule has 0 aliphatic rings. The van der Waals surface area contributed by atoms with Gasteiger partial charge in [-0.1, -0.05) is 19.1 Å². The molecule has 1 aromatic heterocycles. The number of nitrogens with one attached hydrogen (secondary N) is 1. The summed E-state index contributed by atoms with van der Waals surface area (Å²) in [6, 6.07) is 11.1. The Kier molecular flexibility index (Phi) is 12.2. The van der Waals surface area contributed by atoms with E-state index in [-0.39, 0.29) is 6.61 Å². The molecule has 0 fully saturated rings. The minimum Gasteiger partial charge on any atom is -0.443 e. The van der Waals surface area contributed by atoms with E-state index in [0.717, 1.165) is 22.5 Å². The third-order valence-electron chi connectivity index (χ3n) is 4.51. The Hall–Kier alpha value is -3.54. The van der Waals surface area contributed by atoms with Crippen LogP contribution in [-0.4, -0.2) is 46.6 Å². The van der Waals surface area contributed by atoms with E-state index in [1.165, 1.54) is 11.8 Å². The van der Waals surface area contributed by atoms with Gasteiger partial charge in [-0.05, 0) is 31.0 Å². The molecule has 222 valence electrons. The number of aromatic nitrogens is 1. The Labute approximate surface area is 225 Å². The topological polar surface area (TPSA) is 154 Å². The molecule has 0 aliphatic heterocycles. The molecule has 0 saturated carbocycles. The SMILES string of the molecule is CCCc1cccc[n+]1CCOC(=O)Nc1ccc(C)c(N=C=O)c1.O=S(=O)([N-]S(=O)(=O)C(F)(F)F)C(F)(F)F. The van der Waals surface area contributed by atoms with Crippen molar-refractivity contribution in [3.05, 3.63) is 58.0 Å². The lowest BCUT2D eigenvalue weighted by Crippen LogP contribution is -2.40. The highest BCUT2D eigenvalue weighted by Crippen LogP contribution is 2.36. The Morgan fingerprint density at radius 1 is 1.05 bits per heavy atom. The Balaban J connectivity index is 0.000000459. The van der Waals surface area contributed by atoms with Crippen molar-refractivity contribution in [1.82, 2.24) is 0 Å². The first kappa shape index (κ1) is 34.5. The molecule has 0 aliphatic carbocycles. The van der Waals surface area contributed by atoms with E-state index >= 15 is 0 Å². The molecule has 0 spiro atoms. The van der Waals surface area contributed by atoms with Gasteiger partial charge in [-0.15, -0.1) is 0 Å². The normalized spacial score (nSPS) is 12.0. The van der Waals surface area contributed by atoms with Crippen LogP contribution < -0.4 is 9.88 Å². The van der Waals surface area contributed by atoms with Crippen molar-refractivity contribution < 1.29 is 62.1 Å². The van der Waals surface area contributed by atoms with Gasteiger partial charge in [-0.2, -0.15) is 35.9 Å². The molecule has 2 rings (SSSR count). The monoisotopic (exact) mass is 620 g/mol. The molecule has 1 aromatic carbocycles. The maximum absolute atomic E-state index is 11.9. The number of anilines is 1. The van der Waals surface area contributed by atoms with E-state index in [2.05, 4.69) is 27.9 Å². The number of hydrogen-bond donors (Lipinski definition) is 1. The molecule has 1 amide bonds. The number of halogens is 6. The number of carbonyl (C=O) groups is 1. The fourth-order valence-electron chi connectivity index (χ4n) is 2.67. The number of alkyl halides is 6. The third-order valence-corrected chi connectivity index (χ3v) is 7.25. The maximum Gasteiger partial charge on any atom is 0.480 e. The van der Waals surface area contributed by atoms with Gasteiger partial charge < -0.3 is 8.86 Å². The van der Waals surface area contributed by atoms with Gasteiger partial charge in [0.05, 0.1) is 5.69 Å². The van der Waals surface area contributed by atoms with Crippen LogP contribution in [0.1, 0.15) is 24.6 Å². The molecular formula is C21H22F6N4O7S2. The molecule has 0 saturated heterocycles. The number of amides is 1. The number of aryl methyl sites for hydroxylation is 2. The van der Waals surface area contributed by atoms with Crippen LogP contribution in [0.25, 0.3) is 4.13 Å². The number of isocyanates is 1. The molecule has 0 radical (unpaired) electrons. The summed E-state index contributed by atoms with van der Waals surface area (Å²) in [5, 5.41) is 2.63. The van der Waals surface area contributed by atoms with Crippen LogP contribution in [0.2, 0.25) is 0 Å². The number of benzene rings is 1. The smallest absolute Gasteiger partial charge is 0.443 e. The predicted octanol–water partition coefficient (Wildman–Crippen LogP) is 4.51. The molecule has 0 bridgehead atoms. The van der Waals surface area contributed by atoms with Crippen LogP contribution in [0, 0.1) is 6.92 Å². The highest BCUT2D eigenvalue weighted by molar-refractivity contribution is 8.13. The molecular weight excluding hydrogens is 598 g/mol. The summed E-state index contributed by atoms with van der Waals surface area (Å²) in [7, 11) is -13.4. The van der Waals surface area contributed by atoms with E-state index in [0.29, 0.717) is 17.9 Å². The zero-order chi connectivity index (χ0) is 30.8. The zero-order valence-electron chi connectivity index (χ0n) is 20.7. The van der Waals surface area contributed by atoms with Crippen LogP contribution in [0.4, 0.5) is 42.5 Å². The van der Waals surface area contributed by atoms with E-state index in [1.54, 1.807) is 18.2 Å². The number of ether oxygens (including phenoxy) is 1. The summed E-state index contributed by atoms with van der Waals surface area (Å²) in [4.78, 5) is 25.9. The standard InChI is InChI=1S/C19H21N3O3.C2F6NO4S2/c1-3-6-17-7-4-5-10-22(17)11-12-25-19(24)21-16-9-8-15(2)18(13-16)20-14-23;3-1(4,5)14(10,11)9-15(12,13)2(6,7)8/h4-5,7-10,13H,3,6,11-12H2,1-2H3;/q;-1/p+1. The fourth-order valence-corrected chi connectivity index (χ4v) is 4.38.